The Labute approximate surface area is 163 Å². The Morgan fingerprint density at radius 3 is 2.61 bits per heavy atom. The molecule has 0 amide bonds. The zero-order valence-electron chi connectivity index (χ0n) is 16.0. The number of fused-ring (bicyclic) bond motifs is 1. The summed E-state index contributed by atoms with van der Waals surface area (Å²) >= 11 is 0. The number of ether oxygens (including phenoxy) is 2. The van der Waals surface area contributed by atoms with Gasteiger partial charge in [0, 0.05) is 48.4 Å². The fourth-order valence-corrected chi connectivity index (χ4v) is 3.68. The minimum atomic E-state index is -0.279. The highest BCUT2D eigenvalue weighted by Gasteiger charge is 2.23. The number of aromatic nitrogens is 2. The highest BCUT2D eigenvalue weighted by Crippen LogP contribution is 2.29. The van der Waals surface area contributed by atoms with E-state index in [1.165, 1.54) is 12.1 Å². The van der Waals surface area contributed by atoms with Crippen molar-refractivity contribution < 1.29 is 13.9 Å². The lowest BCUT2D eigenvalue weighted by molar-refractivity contribution is 0.394. The first-order chi connectivity index (χ1) is 13.7. The average Bonchev–Trinajstić information content (AvgIpc) is 2.73. The fraction of sp³-hybridized carbons (Fsp3) is 0.333. The van der Waals surface area contributed by atoms with Crippen LogP contribution in [0.5, 0.6) is 11.5 Å². The molecule has 1 atom stereocenters. The van der Waals surface area contributed by atoms with E-state index in [-0.39, 0.29) is 11.9 Å². The van der Waals surface area contributed by atoms with Crippen LogP contribution in [0.4, 0.5) is 15.9 Å². The predicted molar refractivity (Wildman–Crippen MR) is 108 cm³/mol. The van der Waals surface area contributed by atoms with Crippen molar-refractivity contribution >= 4 is 22.4 Å². The van der Waals surface area contributed by atoms with Crippen LogP contribution >= 0.6 is 0 Å². The molecule has 1 aliphatic heterocycles. The summed E-state index contributed by atoms with van der Waals surface area (Å²) < 4.78 is 24.5. The first-order valence-corrected chi connectivity index (χ1v) is 9.31. The largest absolute Gasteiger partial charge is 0.497 e. The van der Waals surface area contributed by atoms with Gasteiger partial charge in [0.05, 0.1) is 19.7 Å². The molecule has 0 saturated carbocycles. The van der Waals surface area contributed by atoms with Crippen molar-refractivity contribution in [3.63, 3.8) is 0 Å². The Bertz CT molecular complexity index is 960. The lowest BCUT2D eigenvalue weighted by Crippen LogP contribution is -2.42. The number of methoxy groups -OCH3 is 2. The van der Waals surface area contributed by atoms with Crippen molar-refractivity contribution in [2.75, 3.05) is 37.5 Å². The zero-order chi connectivity index (χ0) is 19.5. The van der Waals surface area contributed by atoms with Crippen LogP contribution in [0, 0.1) is 5.82 Å². The van der Waals surface area contributed by atoms with Gasteiger partial charge in [-0.25, -0.2) is 14.4 Å². The molecular weight excluding hydrogens is 359 g/mol. The van der Waals surface area contributed by atoms with Crippen molar-refractivity contribution in [1.82, 2.24) is 9.97 Å². The third kappa shape index (κ3) is 3.78. The summed E-state index contributed by atoms with van der Waals surface area (Å²) in [5.41, 5.74) is 1.70. The Morgan fingerprint density at radius 1 is 1.07 bits per heavy atom. The fourth-order valence-electron chi connectivity index (χ4n) is 3.68. The molecule has 0 bridgehead atoms. The van der Waals surface area contributed by atoms with E-state index in [0.717, 1.165) is 59.8 Å². The molecule has 28 heavy (non-hydrogen) atoms. The van der Waals surface area contributed by atoms with Gasteiger partial charge in [-0.15, -0.1) is 0 Å². The van der Waals surface area contributed by atoms with Gasteiger partial charge >= 0.3 is 0 Å². The Hall–Kier alpha value is -3.09. The molecule has 1 aromatic heterocycles. The van der Waals surface area contributed by atoms with Gasteiger partial charge in [-0.05, 0) is 31.0 Å². The lowest BCUT2D eigenvalue weighted by atomic mass is 10.0. The van der Waals surface area contributed by atoms with E-state index >= 15 is 0 Å². The van der Waals surface area contributed by atoms with Gasteiger partial charge in [0.1, 0.15) is 29.5 Å². The van der Waals surface area contributed by atoms with Crippen molar-refractivity contribution in [2.45, 2.75) is 18.9 Å². The molecule has 2 heterocycles. The summed E-state index contributed by atoms with van der Waals surface area (Å²) in [7, 11) is 3.28. The van der Waals surface area contributed by atoms with Gasteiger partial charge in [0.2, 0.25) is 0 Å². The zero-order valence-corrected chi connectivity index (χ0v) is 16.0. The highest BCUT2D eigenvalue weighted by molar-refractivity contribution is 5.89. The molecule has 1 unspecified atom stereocenters. The number of hydrogen-bond acceptors (Lipinski definition) is 6. The molecule has 1 aliphatic rings. The minimum absolute atomic E-state index is 0.226. The minimum Gasteiger partial charge on any atom is -0.497 e. The van der Waals surface area contributed by atoms with Crippen molar-refractivity contribution in [3.8, 4) is 11.5 Å². The van der Waals surface area contributed by atoms with Crippen molar-refractivity contribution in [3.05, 3.63) is 48.5 Å². The smallest absolute Gasteiger partial charge is 0.140 e. The average molecular weight is 382 g/mol. The van der Waals surface area contributed by atoms with Crippen LogP contribution in [0.3, 0.4) is 0 Å². The molecule has 3 aromatic rings. The van der Waals surface area contributed by atoms with Gasteiger partial charge in [-0.1, -0.05) is 0 Å². The van der Waals surface area contributed by atoms with Crippen LogP contribution in [0.25, 0.3) is 10.9 Å². The van der Waals surface area contributed by atoms with Crippen LogP contribution in [0.2, 0.25) is 0 Å². The number of hydrogen-bond donors (Lipinski definition) is 1. The number of rotatable bonds is 5. The second kappa shape index (κ2) is 7.88. The summed E-state index contributed by atoms with van der Waals surface area (Å²) in [5, 5.41) is 4.31. The molecule has 1 saturated heterocycles. The SMILES string of the molecule is COc1cc(NC2CCCN(c3ncnc4ccc(F)cc34)C2)cc(OC)c1. The summed E-state index contributed by atoms with van der Waals surface area (Å²) in [4.78, 5) is 10.9. The van der Waals surface area contributed by atoms with Crippen molar-refractivity contribution in [2.24, 2.45) is 0 Å². The Morgan fingerprint density at radius 2 is 1.86 bits per heavy atom. The van der Waals surface area contributed by atoms with Gasteiger partial charge in [0.15, 0.2) is 0 Å². The number of benzene rings is 2. The second-order valence-electron chi connectivity index (χ2n) is 6.89. The topological polar surface area (TPSA) is 59.5 Å². The van der Waals surface area contributed by atoms with Crippen LogP contribution < -0.4 is 19.7 Å². The number of halogens is 1. The first kappa shape index (κ1) is 18.3. The third-order valence-electron chi connectivity index (χ3n) is 5.02. The van der Waals surface area contributed by atoms with Crippen LogP contribution in [0.1, 0.15) is 12.8 Å². The molecule has 2 aromatic carbocycles. The normalized spacial score (nSPS) is 16.8. The van der Waals surface area contributed by atoms with Gasteiger partial charge in [-0.2, -0.15) is 0 Å². The lowest BCUT2D eigenvalue weighted by Gasteiger charge is -2.35. The van der Waals surface area contributed by atoms with E-state index in [9.17, 15) is 4.39 Å². The van der Waals surface area contributed by atoms with Crippen LogP contribution in [0.15, 0.2) is 42.7 Å². The molecule has 0 aliphatic carbocycles. The maximum atomic E-state index is 13.8. The standard InChI is InChI=1S/C21H23FN4O2/c1-27-17-9-16(10-18(11-17)28-2)25-15-4-3-7-26(12-15)21-19-8-14(22)5-6-20(19)23-13-24-21/h5-6,8-11,13,15,25H,3-4,7,12H2,1-2H3. The summed E-state index contributed by atoms with van der Waals surface area (Å²) in [6.07, 6.45) is 3.59. The third-order valence-corrected chi connectivity index (χ3v) is 5.02. The summed E-state index contributed by atoms with van der Waals surface area (Å²) in [6, 6.07) is 10.6. The second-order valence-corrected chi connectivity index (χ2v) is 6.89. The molecule has 7 heteroatoms. The van der Waals surface area contributed by atoms with Crippen molar-refractivity contribution in [1.29, 1.82) is 0 Å². The van der Waals surface area contributed by atoms with Gasteiger partial charge < -0.3 is 19.7 Å². The van der Waals surface area contributed by atoms with Crippen LogP contribution in [-0.4, -0.2) is 43.3 Å². The monoisotopic (exact) mass is 382 g/mol. The van der Waals surface area contributed by atoms with E-state index in [2.05, 4.69) is 20.2 Å². The van der Waals surface area contributed by atoms with E-state index in [1.807, 2.05) is 18.2 Å². The van der Waals surface area contributed by atoms with E-state index in [4.69, 9.17) is 9.47 Å². The quantitative estimate of drug-likeness (QED) is 0.723. The Balaban J connectivity index is 1.57. The first-order valence-electron chi connectivity index (χ1n) is 9.31. The van der Waals surface area contributed by atoms with E-state index < -0.39 is 0 Å². The molecular formula is C21H23FN4O2. The molecule has 1 fully saturated rings. The summed E-state index contributed by atoms with van der Waals surface area (Å²) in [5.74, 6) is 1.98. The predicted octanol–water partition coefficient (Wildman–Crippen LogP) is 3.87. The Kier molecular flexibility index (Phi) is 5.14. The van der Waals surface area contributed by atoms with Gasteiger partial charge in [0.25, 0.3) is 0 Å². The van der Waals surface area contributed by atoms with E-state index in [1.54, 1.807) is 26.6 Å². The van der Waals surface area contributed by atoms with Gasteiger partial charge in [-0.3, -0.25) is 0 Å². The molecule has 146 valence electrons. The molecule has 6 nitrogen and oxygen atoms in total. The van der Waals surface area contributed by atoms with E-state index in [0.29, 0.717) is 0 Å². The molecule has 0 radical (unpaired) electrons. The summed E-state index contributed by atoms with van der Waals surface area (Å²) in [6.45, 7) is 1.64. The number of nitrogens with zero attached hydrogens (tertiary/aromatic N) is 3. The molecule has 4 rings (SSSR count). The van der Waals surface area contributed by atoms with Crippen LogP contribution in [-0.2, 0) is 0 Å². The molecule has 1 N–H and O–H groups in total. The number of anilines is 2. The molecule has 0 spiro atoms. The highest BCUT2D eigenvalue weighted by atomic mass is 19.1. The number of nitrogens with one attached hydrogen (secondary N) is 1. The maximum Gasteiger partial charge on any atom is 0.140 e. The maximum absolute atomic E-state index is 13.8. The number of piperidine rings is 1.